The van der Waals surface area contributed by atoms with Crippen molar-refractivity contribution in [3.05, 3.63) is 24.0 Å². The molecule has 0 atom stereocenters. The number of rotatable bonds is 3. The van der Waals surface area contributed by atoms with Crippen LogP contribution in [0.1, 0.15) is 0 Å². The molecule has 0 aliphatic rings. The maximum absolute atomic E-state index is 12.9. The van der Waals surface area contributed by atoms with E-state index in [1.165, 1.54) is 18.2 Å². The highest BCUT2D eigenvalue weighted by atomic mass is 19.1. The molecule has 0 amide bonds. The van der Waals surface area contributed by atoms with E-state index in [4.69, 9.17) is 9.63 Å². The van der Waals surface area contributed by atoms with Gasteiger partial charge in [0.25, 0.3) is 0 Å². The van der Waals surface area contributed by atoms with Gasteiger partial charge in [0.15, 0.2) is 11.4 Å². The number of anilines is 1. The molecule has 0 aliphatic carbocycles. The lowest BCUT2D eigenvalue weighted by atomic mass is 10.2. The fraction of sp³-hybridized carbons (Fsp3) is 0.111. The molecule has 6 heteroatoms. The normalized spacial score (nSPS) is 10.5. The van der Waals surface area contributed by atoms with Crippen molar-refractivity contribution in [2.75, 3.05) is 11.9 Å². The fourth-order valence-corrected chi connectivity index (χ4v) is 1.20. The van der Waals surface area contributed by atoms with Gasteiger partial charge in [-0.05, 0) is 18.2 Å². The molecule has 0 aliphatic heterocycles. The van der Waals surface area contributed by atoms with Gasteiger partial charge >= 0.3 is 5.97 Å². The van der Waals surface area contributed by atoms with Crippen molar-refractivity contribution in [3.8, 4) is 0 Å². The third-order valence-corrected chi connectivity index (χ3v) is 1.84. The van der Waals surface area contributed by atoms with Crippen LogP contribution in [0.2, 0.25) is 0 Å². The van der Waals surface area contributed by atoms with Gasteiger partial charge in [-0.3, -0.25) is 4.79 Å². The number of carbonyl (C=O) groups is 1. The molecule has 1 aromatic heterocycles. The number of carboxylic acid groups (broad SMARTS) is 1. The number of aliphatic carboxylic acids is 1. The Morgan fingerprint density at radius 1 is 1.60 bits per heavy atom. The summed E-state index contributed by atoms with van der Waals surface area (Å²) in [5.41, 5.74) is 0.407. The van der Waals surface area contributed by atoms with E-state index in [2.05, 4.69) is 10.5 Å². The zero-order valence-corrected chi connectivity index (χ0v) is 7.53. The number of nitrogens with one attached hydrogen (secondary N) is 1. The predicted molar refractivity (Wildman–Crippen MR) is 50.1 cm³/mol. The van der Waals surface area contributed by atoms with Crippen molar-refractivity contribution in [1.29, 1.82) is 0 Å². The Kier molecular flexibility index (Phi) is 2.24. The zero-order valence-electron chi connectivity index (χ0n) is 7.53. The number of carboxylic acids is 1. The third kappa shape index (κ3) is 1.88. The molecular weight excluding hydrogens is 203 g/mol. The largest absolute Gasteiger partial charge is 0.480 e. The summed E-state index contributed by atoms with van der Waals surface area (Å²) in [6.07, 6.45) is 0. The standard InChI is InChI=1S/C9H7FN2O3/c10-5-1-2-7-6(3-5)9(12-15-7)11-4-8(13)14/h1-3H,4H2,(H,11,12)(H,13,14). The molecular formula is C9H7FN2O3. The summed E-state index contributed by atoms with van der Waals surface area (Å²) in [6.45, 7) is -0.294. The highest BCUT2D eigenvalue weighted by Gasteiger charge is 2.09. The lowest BCUT2D eigenvalue weighted by Crippen LogP contribution is -2.12. The van der Waals surface area contributed by atoms with Gasteiger partial charge in [-0.25, -0.2) is 4.39 Å². The van der Waals surface area contributed by atoms with Crippen LogP contribution in [0.4, 0.5) is 10.2 Å². The molecule has 0 bridgehead atoms. The summed E-state index contributed by atoms with van der Waals surface area (Å²) >= 11 is 0. The molecule has 0 spiro atoms. The molecule has 0 saturated heterocycles. The van der Waals surface area contributed by atoms with E-state index < -0.39 is 11.8 Å². The zero-order chi connectivity index (χ0) is 10.8. The van der Waals surface area contributed by atoms with Crippen LogP contribution in [0, 0.1) is 5.82 Å². The van der Waals surface area contributed by atoms with E-state index in [0.717, 1.165) is 0 Å². The Morgan fingerprint density at radius 3 is 3.13 bits per heavy atom. The van der Waals surface area contributed by atoms with Crippen LogP contribution in [0.15, 0.2) is 22.7 Å². The second kappa shape index (κ2) is 3.56. The summed E-state index contributed by atoms with van der Waals surface area (Å²) in [5, 5.41) is 15.0. The van der Waals surface area contributed by atoms with Crippen LogP contribution in [0.3, 0.4) is 0 Å². The van der Waals surface area contributed by atoms with Crippen LogP contribution in [0.25, 0.3) is 11.0 Å². The molecule has 2 aromatic rings. The van der Waals surface area contributed by atoms with E-state index in [0.29, 0.717) is 11.0 Å². The Hall–Kier alpha value is -2.11. The Morgan fingerprint density at radius 2 is 2.40 bits per heavy atom. The maximum atomic E-state index is 12.9. The number of nitrogens with zero attached hydrogens (tertiary/aromatic N) is 1. The maximum Gasteiger partial charge on any atom is 0.322 e. The van der Waals surface area contributed by atoms with Crippen LogP contribution < -0.4 is 5.32 Å². The highest BCUT2D eigenvalue weighted by molar-refractivity contribution is 5.89. The van der Waals surface area contributed by atoms with Crippen molar-refractivity contribution < 1.29 is 18.8 Å². The van der Waals surface area contributed by atoms with Crippen molar-refractivity contribution >= 4 is 22.8 Å². The summed E-state index contributed by atoms with van der Waals surface area (Å²) in [7, 11) is 0. The van der Waals surface area contributed by atoms with E-state index in [-0.39, 0.29) is 12.4 Å². The molecule has 78 valence electrons. The lowest BCUT2D eigenvalue weighted by molar-refractivity contribution is -0.134. The van der Waals surface area contributed by atoms with Gasteiger partial charge < -0.3 is 14.9 Å². The first-order valence-electron chi connectivity index (χ1n) is 4.17. The van der Waals surface area contributed by atoms with Crippen LogP contribution in [0.5, 0.6) is 0 Å². The minimum absolute atomic E-state index is 0.229. The molecule has 0 radical (unpaired) electrons. The second-order valence-corrected chi connectivity index (χ2v) is 2.92. The monoisotopic (exact) mass is 210 g/mol. The molecule has 1 aromatic carbocycles. The number of aromatic nitrogens is 1. The van der Waals surface area contributed by atoms with Crippen LogP contribution in [-0.2, 0) is 4.79 Å². The molecule has 2 rings (SSSR count). The Labute approximate surface area is 83.5 Å². The van der Waals surface area contributed by atoms with Gasteiger partial charge in [0, 0.05) is 0 Å². The fourth-order valence-electron chi connectivity index (χ4n) is 1.20. The summed E-state index contributed by atoms with van der Waals surface area (Å²) in [5.74, 6) is -1.22. The van der Waals surface area contributed by atoms with Gasteiger partial charge in [0.2, 0.25) is 0 Å². The molecule has 1 heterocycles. The minimum Gasteiger partial charge on any atom is -0.480 e. The van der Waals surface area contributed by atoms with Crippen molar-refractivity contribution in [3.63, 3.8) is 0 Å². The first kappa shape index (κ1) is 9.45. The number of halogens is 1. The van der Waals surface area contributed by atoms with Gasteiger partial charge in [0.05, 0.1) is 5.39 Å². The van der Waals surface area contributed by atoms with Gasteiger partial charge in [-0.2, -0.15) is 0 Å². The first-order valence-corrected chi connectivity index (χ1v) is 4.17. The first-order chi connectivity index (χ1) is 7.16. The molecule has 0 saturated carbocycles. The Balaban J connectivity index is 2.35. The van der Waals surface area contributed by atoms with E-state index in [1.807, 2.05) is 0 Å². The minimum atomic E-state index is -1.03. The topological polar surface area (TPSA) is 75.4 Å². The molecule has 0 fully saturated rings. The molecule has 5 nitrogen and oxygen atoms in total. The SMILES string of the molecule is O=C(O)CNc1noc2ccc(F)cc12. The second-order valence-electron chi connectivity index (χ2n) is 2.92. The summed E-state index contributed by atoms with van der Waals surface area (Å²) in [6, 6.07) is 3.91. The Bertz CT molecular complexity index is 509. The highest BCUT2D eigenvalue weighted by Crippen LogP contribution is 2.23. The van der Waals surface area contributed by atoms with Crippen molar-refractivity contribution in [1.82, 2.24) is 5.16 Å². The van der Waals surface area contributed by atoms with Gasteiger partial charge in [-0.1, -0.05) is 5.16 Å². The lowest BCUT2D eigenvalue weighted by Gasteiger charge is -1.97. The quantitative estimate of drug-likeness (QED) is 0.802. The van der Waals surface area contributed by atoms with Crippen LogP contribution >= 0.6 is 0 Å². The van der Waals surface area contributed by atoms with Crippen molar-refractivity contribution in [2.45, 2.75) is 0 Å². The predicted octanol–water partition coefficient (Wildman–Crippen LogP) is 1.46. The number of hydrogen-bond acceptors (Lipinski definition) is 4. The van der Waals surface area contributed by atoms with E-state index in [9.17, 15) is 9.18 Å². The molecule has 0 unspecified atom stereocenters. The van der Waals surface area contributed by atoms with E-state index in [1.54, 1.807) is 0 Å². The number of benzene rings is 1. The van der Waals surface area contributed by atoms with Crippen LogP contribution in [-0.4, -0.2) is 22.8 Å². The average molecular weight is 210 g/mol. The van der Waals surface area contributed by atoms with E-state index >= 15 is 0 Å². The smallest absolute Gasteiger partial charge is 0.322 e. The summed E-state index contributed by atoms with van der Waals surface area (Å²) in [4.78, 5) is 10.3. The number of hydrogen-bond donors (Lipinski definition) is 2. The average Bonchev–Trinajstić information content (AvgIpc) is 2.57. The molecule has 15 heavy (non-hydrogen) atoms. The van der Waals surface area contributed by atoms with Gasteiger partial charge in [0.1, 0.15) is 12.4 Å². The molecule has 2 N–H and O–H groups in total. The summed E-state index contributed by atoms with van der Waals surface area (Å²) < 4.78 is 17.7. The van der Waals surface area contributed by atoms with Crippen molar-refractivity contribution in [2.24, 2.45) is 0 Å². The third-order valence-electron chi connectivity index (χ3n) is 1.84. The number of fused-ring (bicyclic) bond motifs is 1. The van der Waals surface area contributed by atoms with Gasteiger partial charge in [-0.15, -0.1) is 0 Å².